The number of rotatable bonds is 6. The normalized spacial score (nSPS) is 11.9. The predicted octanol–water partition coefficient (Wildman–Crippen LogP) is 3.98. The molecule has 2 aromatic rings. The zero-order valence-electron chi connectivity index (χ0n) is 15.2. The van der Waals surface area contributed by atoms with E-state index in [4.69, 9.17) is 4.74 Å². The Bertz CT molecular complexity index is 718. The molecule has 0 saturated carbocycles. The van der Waals surface area contributed by atoms with Crippen LogP contribution in [0, 0.1) is 12.8 Å². The van der Waals surface area contributed by atoms with Gasteiger partial charge in [0, 0.05) is 5.56 Å². The molecule has 0 saturated heterocycles. The summed E-state index contributed by atoms with van der Waals surface area (Å²) >= 11 is 0. The lowest BCUT2D eigenvalue weighted by Crippen LogP contribution is -2.42. The van der Waals surface area contributed by atoms with Crippen molar-refractivity contribution >= 4 is 11.9 Å². The Morgan fingerprint density at radius 3 is 1.96 bits per heavy atom. The molecule has 0 aliphatic rings. The number of nitrogens with one attached hydrogen (secondary N) is 1. The summed E-state index contributed by atoms with van der Waals surface area (Å²) in [4.78, 5) is 24.3. The molecule has 0 heterocycles. The maximum absolute atomic E-state index is 12.4. The van der Waals surface area contributed by atoms with Gasteiger partial charge in [0.05, 0.1) is 7.11 Å². The smallest absolute Gasteiger partial charge is 0.328 e. The van der Waals surface area contributed by atoms with Crippen molar-refractivity contribution in [2.24, 2.45) is 5.92 Å². The molecule has 0 spiro atoms. The zero-order valence-corrected chi connectivity index (χ0v) is 15.2. The number of carbonyl (C=O) groups excluding carboxylic acids is 2. The highest BCUT2D eigenvalue weighted by molar-refractivity contribution is 5.97. The van der Waals surface area contributed by atoms with Gasteiger partial charge >= 0.3 is 5.97 Å². The Morgan fingerprint density at radius 2 is 1.48 bits per heavy atom. The van der Waals surface area contributed by atoms with E-state index in [1.165, 1.54) is 12.7 Å². The van der Waals surface area contributed by atoms with E-state index < -0.39 is 12.0 Å². The molecular weight excluding hydrogens is 314 g/mol. The second-order valence-electron chi connectivity index (χ2n) is 6.62. The second-order valence-corrected chi connectivity index (χ2v) is 6.62. The van der Waals surface area contributed by atoms with Gasteiger partial charge in [-0.25, -0.2) is 4.79 Å². The third kappa shape index (κ3) is 5.18. The topological polar surface area (TPSA) is 55.4 Å². The van der Waals surface area contributed by atoms with Crippen molar-refractivity contribution < 1.29 is 14.3 Å². The van der Waals surface area contributed by atoms with Gasteiger partial charge in [0.25, 0.3) is 5.91 Å². The monoisotopic (exact) mass is 339 g/mol. The van der Waals surface area contributed by atoms with Crippen molar-refractivity contribution in [2.45, 2.75) is 33.2 Å². The number of amides is 1. The number of carbonyl (C=O) groups is 2. The van der Waals surface area contributed by atoms with Crippen LogP contribution >= 0.6 is 0 Å². The minimum absolute atomic E-state index is 0.272. The molecule has 0 aliphatic heterocycles. The van der Waals surface area contributed by atoms with E-state index in [0.29, 0.717) is 12.0 Å². The van der Waals surface area contributed by atoms with Crippen LogP contribution in [0.4, 0.5) is 0 Å². The molecule has 1 atom stereocenters. The molecule has 0 aliphatic carbocycles. The van der Waals surface area contributed by atoms with Crippen LogP contribution in [0.15, 0.2) is 48.5 Å². The van der Waals surface area contributed by atoms with Gasteiger partial charge in [0.2, 0.25) is 0 Å². The molecule has 0 aromatic heterocycles. The first kappa shape index (κ1) is 18.7. The molecule has 132 valence electrons. The number of aryl methyl sites for hydroxylation is 1. The molecule has 0 radical (unpaired) electrons. The van der Waals surface area contributed by atoms with E-state index in [2.05, 4.69) is 29.6 Å². The highest BCUT2D eigenvalue weighted by Crippen LogP contribution is 2.20. The summed E-state index contributed by atoms with van der Waals surface area (Å²) in [7, 11) is 1.33. The van der Waals surface area contributed by atoms with Crippen LogP contribution in [0.1, 0.15) is 36.2 Å². The lowest BCUT2D eigenvalue weighted by Gasteiger charge is -2.18. The predicted molar refractivity (Wildman–Crippen MR) is 99.3 cm³/mol. The lowest BCUT2D eigenvalue weighted by molar-refractivity contribution is -0.143. The average Bonchev–Trinajstić information content (AvgIpc) is 2.61. The van der Waals surface area contributed by atoms with Gasteiger partial charge in [0.15, 0.2) is 0 Å². The van der Waals surface area contributed by atoms with Gasteiger partial charge in [-0.2, -0.15) is 0 Å². The quantitative estimate of drug-likeness (QED) is 0.810. The SMILES string of the molecule is COC(=O)[C@H](CC(C)C)NC(=O)c1ccc(-c2ccc(C)cc2)cc1. The van der Waals surface area contributed by atoms with Crippen LogP contribution in [0.25, 0.3) is 11.1 Å². The third-order valence-electron chi connectivity index (χ3n) is 4.03. The zero-order chi connectivity index (χ0) is 18.4. The van der Waals surface area contributed by atoms with E-state index in [1.807, 2.05) is 32.9 Å². The number of esters is 1. The number of ether oxygens (including phenoxy) is 1. The Morgan fingerprint density at radius 1 is 0.960 bits per heavy atom. The van der Waals surface area contributed by atoms with Gasteiger partial charge in [-0.1, -0.05) is 55.8 Å². The van der Waals surface area contributed by atoms with Gasteiger partial charge in [-0.15, -0.1) is 0 Å². The van der Waals surface area contributed by atoms with Crippen molar-refractivity contribution in [1.82, 2.24) is 5.32 Å². The summed E-state index contributed by atoms with van der Waals surface area (Å²) in [6, 6.07) is 15.0. The highest BCUT2D eigenvalue weighted by atomic mass is 16.5. The fourth-order valence-electron chi connectivity index (χ4n) is 2.63. The van der Waals surface area contributed by atoms with Gasteiger partial charge < -0.3 is 10.1 Å². The maximum Gasteiger partial charge on any atom is 0.328 e. The van der Waals surface area contributed by atoms with E-state index in [0.717, 1.165) is 11.1 Å². The summed E-state index contributed by atoms with van der Waals surface area (Å²) in [5.74, 6) is -0.418. The summed E-state index contributed by atoms with van der Waals surface area (Å²) < 4.78 is 4.78. The molecule has 4 nitrogen and oxygen atoms in total. The summed E-state index contributed by atoms with van der Waals surface area (Å²) in [5.41, 5.74) is 3.88. The molecular formula is C21H25NO3. The van der Waals surface area contributed by atoms with E-state index in [-0.39, 0.29) is 11.8 Å². The fraction of sp³-hybridized carbons (Fsp3) is 0.333. The number of hydrogen-bond donors (Lipinski definition) is 1. The summed E-state index contributed by atoms with van der Waals surface area (Å²) in [6.45, 7) is 6.04. The minimum Gasteiger partial charge on any atom is -0.467 e. The largest absolute Gasteiger partial charge is 0.467 e. The number of methoxy groups -OCH3 is 1. The van der Waals surface area contributed by atoms with Crippen molar-refractivity contribution in [1.29, 1.82) is 0 Å². The number of benzene rings is 2. The molecule has 0 bridgehead atoms. The highest BCUT2D eigenvalue weighted by Gasteiger charge is 2.23. The molecule has 2 rings (SSSR count). The average molecular weight is 339 g/mol. The molecule has 4 heteroatoms. The molecule has 0 unspecified atom stereocenters. The van der Waals surface area contributed by atoms with Gasteiger partial charge in [0.1, 0.15) is 6.04 Å². The van der Waals surface area contributed by atoms with Crippen molar-refractivity contribution in [3.05, 3.63) is 59.7 Å². The Kier molecular flexibility index (Phi) is 6.34. The standard InChI is InChI=1S/C21H25NO3/c1-14(2)13-19(21(24)25-4)22-20(23)18-11-9-17(10-12-18)16-7-5-15(3)6-8-16/h5-12,14,19H,13H2,1-4H3,(H,22,23)/t19-/m0/s1. The van der Waals surface area contributed by atoms with Crippen molar-refractivity contribution in [3.8, 4) is 11.1 Å². The maximum atomic E-state index is 12.4. The van der Waals surface area contributed by atoms with E-state index in [1.54, 1.807) is 12.1 Å². The van der Waals surface area contributed by atoms with E-state index >= 15 is 0 Å². The molecule has 2 aromatic carbocycles. The Hall–Kier alpha value is -2.62. The van der Waals surface area contributed by atoms with Crippen LogP contribution in [0.5, 0.6) is 0 Å². The first-order valence-electron chi connectivity index (χ1n) is 8.46. The Balaban J connectivity index is 2.11. The molecule has 1 amide bonds. The van der Waals surface area contributed by atoms with Crippen LogP contribution in [0.3, 0.4) is 0 Å². The van der Waals surface area contributed by atoms with Crippen molar-refractivity contribution in [3.63, 3.8) is 0 Å². The van der Waals surface area contributed by atoms with Crippen LogP contribution in [0.2, 0.25) is 0 Å². The van der Waals surface area contributed by atoms with Crippen LogP contribution in [-0.2, 0) is 9.53 Å². The van der Waals surface area contributed by atoms with E-state index in [9.17, 15) is 9.59 Å². The summed E-state index contributed by atoms with van der Waals surface area (Å²) in [5, 5.41) is 2.77. The van der Waals surface area contributed by atoms with Gasteiger partial charge in [-0.05, 0) is 42.5 Å². The number of hydrogen-bond acceptors (Lipinski definition) is 3. The van der Waals surface area contributed by atoms with Crippen LogP contribution in [-0.4, -0.2) is 25.0 Å². The first-order chi connectivity index (χ1) is 11.9. The minimum atomic E-state index is -0.630. The first-order valence-corrected chi connectivity index (χ1v) is 8.46. The van der Waals surface area contributed by atoms with Crippen molar-refractivity contribution in [2.75, 3.05) is 7.11 Å². The van der Waals surface area contributed by atoms with Gasteiger partial charge in [-0.3, -0.25) is 4.79 Å². The van der Waals surface area contributed by atoms with Crippen LogP contribution < -0.4 is 5.32 Å². The third-order valence-corrected chi connectivity index (χ3v) is 4.03. The Labute approximate surface area is 149 Å². The fourth-order valence-corrected chi connectivity index (χ4v) is 2.63. The molecule has 25 heavy (non-hydrogen) atoms. The second kappa shape index (κ2) is 8.47. The molecule has 0 fully saturated rings. The lowest BCUT2D eigenvalue weighted by atomic mass is 10.0. The molecule has 1 N–H and O–H groups in total. The summed E-state index contributed by atoms with van der Waals surface area (Å²) in [6.07, 6.45) is 0.542.